The number of nitrogens with two attached hydrogens (primary N) is 1. The van der Waals surface area contributed by atoms with Gasteiger partial charge in [-0.25, -0.2) is 9.97 Å². The Balaban J connectivity index is 2.47. The molecular weight excluding hydrogens is 178 g/mol. The molecule has 0 spiro atoms. The zero-order valence-electron chi connectivity index (χ0n) is 5.98. The van der Waals surface area contributed by atoms with Crippen LogP contribution in [0.3, 0.4) is 0 Å². The summed E-state index contributed by atoms with van der Waals surface area (Å²) >= 11 is -1.17. The molecule has 2 rings (SSSR count). The van der Waals surface area contributed by atoms with Crippen molar-refractivity contribution in [3.05, 3.63) is 18.1 Å². The van der Waals surface area contributed by atoms with Crippen LogP contribution in [-0.4, -0.2) is 15.9 Å². The number of carbonyl (C=O) groups excluding carboxylic acids is 1. The number of hydrogen-bond acceptors (Lipinski definition) is 5. The molecule has 1 atom stereocenters. The first-order valence-electron chi connectivity index (χ1n) is 3.21. The van der Waals surface area contributed by atoms with Crippen LogP contribution < -0.4 is 14.6 Å². The minimum Gasteiger partial charge on any atom is -0.306 e. The molecule has 4 N–H and O–H groups in total. The molecule has 12 heavy (non-hydrogen) atoms. The number of nitrogens with one attached hydrogen (secondary N) is 2. The van der Waals surface area contributed by atoms with Crippen LogP contribution in [-0.2, 0) is 0 Å². The quantitative estimate of drug-likeness (QED) is 0.402. The highest BCUT2D eigenvalue weighted by atomic mass is 32.2. The number of carbonyl (C=O) groups is 1. The zero-order chi connectivity index (χ0) is 8.55. The van der Waals surface area contributed by atoms with Crippen molar-refractivity contribution in [1.82, 2.24) is 14.7 Å². The van der Waals surface area contributed by atoms with Crippen molar-refractivity contribution >= 4 is 23.2 Å². The molecular formula is C5H7N5OS. The summed E-state index contributed by atoms with van der Waals surface area (Å²) < 4.78 is 5.35. The predicted molar refractivity (Wildman–Crippen MR) is 46.3 cm³/mol. The van der Waals surface area contributed by atoms with Gasteiger partial charge in [-0.1, -0.05) is 0 Å². The molecule has 0 aromatic carbocycles. The standard InChI is InChI=1S/C5H7N5OS/c6-12-9-4-3(5(11)10-12)7-1-2-8-4/h1-2,12H,6H2,(H,8,9)(H,10,11). The van der Waals surface area contributed by atoms with E-state index in [0.717, 1.165) is 0 Å². The highest BCUT2D eigenvalue weighted by Crippen LogP contribution is 2.22. The highest BCUT2D eigenvalue weighted by molar-refractivity contribution is 8.15. The highest BCUT2D eigenvalue weighted by Gasteiger charge is 2.20. The first kappa shape index (κ1) is 7.32. The molecule has 1 unspecified atom stereocenters. The van der Waals surface area contributed by atoms with Crippen molar-refractivity contribution < 1.29 is 4.79 Å². The molecule has 1 aromatic heterocycles. The zero-order valence-corrected chi connectivity index (χ0v) is 6.88. The van der Waals surface area contributed by atoms with Crippen molar-refractivity contribution in [2.45, 2.75) is 0 Å². The summed E-state index contributed by atoms with van der Waals surface area (Å²) in [5.41, 5.74) is 0.293. The van der Waals surface area contributed by atoms with Crippen LogP contribution in [0.5, 0.6) is 0 Å². The molecule has 6 nitrogen and oxygen atoms in total. The van der Waals surface area contributed by atoms with E-state index in [0.29, 0.717) is 11.5 Å². The maximum Gasteiger partial charge on any atom is 0.284 e. The van der Waals surface area contributed by atoms with E-state index in [4.69, 9.17) is 5.14 Å². The second-order valence-electron chi connectivity index (χ2n) is 2.18. The van der Waals surface area contributed by atoms with Gasteiger partial charge in [0.2, 0.25) is 0 Å². The van der Waals surface area contributed by atoms with E-state index in [1.54, 1.807) is 0 Å². The third-order valence-corrected chi connectivity index (χ3v) is 2.26. The lowest BCUT2D eigenvalue weighted by Gasteiger charge is -2.24. The fourth-order valence-electron chi connectivity index (χ4n) is 0.890. The Morgan fingerprint density at radius 3 is 2.92 bits per heavy atom. The summed E-state index contributed by atoms with van der Waals surface area (Å²) in [7, 11) is 0. The van der Waals surface area contributed by atoms with Crippen LogP contribution in [0, 0.1) is 0 Å². The van der Waals surface area contributed by atoms with Crippen molar-refractivity contribution in [2.75, 3.05) is 4.72 Å². The minimum absolute atomic E-state index is 0.273. The van der Waals surface area contributed by atoms with E-state index < -0.39 is 11.5 Å². The number of nitrogens with zero attached hydrogens (tertiary/aromatic N) is 2. The second-order valence-corrected chi connectivity index (χ2v) is 3.36. The molecule has 0 saturated carbocycles. The number of hydrogen-bond donors (Lipinski definition) is 4. The van der Waals surface area contributed by atoms with Crippen LogP contribution in [0.15, 0.2) is 12.4 Å². The van der Waals surface area contributed by atoms with Gasteiger partial charge in [-0.05, 0) is 11.5 Å². The van der Waals surface area contributed by atoms with E-state index in [9.17, 15) is 4.79 Å². The Labute approximate surface area is 71.3 Å². The van der Waals surface area contributed by atoms with E-state index in [1.165, 1.54) is 12.4 Å². The van der Waals surface area contributed by atoms with Gasteiger partial charge in [0, 0.05) is 12.4 Å². The Hall–Kier alpha value is -1.34. The molecule has 7 heteroatoms. The van der Waals surface area contributed by atoms with Crippen LogP contribution in [0.25, 0.3) is 0 Å². The van der Waals surface area contributed by atoms with Crippen molar-refractivity contribution in [1.29, 1.82) is 0 Å². The average Bonchev–Trinajstić information content (AvgIpc) is 2.04. The van der Waals surface area contributed by atoms with E-state index in [1.807, 2.05) is 0 Å². The van der Waals surface area contributed by atoms with Gasteiger partial charge in [0.05, 0.1) is 0 Å². The van der Waals surface area contributed by atoms with Crippen molar-refractivity contribution in [3.63, 3.8) is 0 Å². The molecule has 1 aliphatic rings. The fourth-order valence-corrected chi connectivity index (χ4v) is 1.66. The van der Waals surface area contributed by atoms with Gasteiger partial charge in [-0.15, -0.1) is 0 Å². The molecule has 1 amide bonds. The maximum atomic E-state index is 11.2. The Morgan fingerprint density at radius 1 is 1.33 bits per heavy atom. The lowest BCUT2D eigenvalue weighted by atomic mass is 10.4. The maximum absolute atomic E-state index is 11.2. The first-order chi connectivity index (χ1) is 5.77. The normalized spacial score (nSPS) is 23.8. The van der Waals surface area contributed by atoms with Gasteiger partial charge in [0.1, 0.15) is 0 Å². The molecule has 1 aliphatic heterocycles. The second kappa shape index (κ2) is 2.61. The number of thiol groups is 1. The minimum atomic E-state index is -1.17. The number of amides is 1. The summed E-state index contributed by atoms with van der Waals surface area (Å²) in [5, 5.41) is 5.49. The molecule has 0 saturated heterocycles. The third kappa shape index (κ3) is 1.08. The lowest BCUT2D eigenvalue weighted by Crippen LogP contribution is -2.34. The molecule has 0 radical (unpaired) electrons. The lowest BCUT2D eigenvalue weighted by molar-refractivity contribution is 0.0978. The summed E-state index contributed by atoms with van der Waals surface area (Å²) in [4.78, 5) is 19.0. The largest absolute Gasteiger partial charge is 0.306 e. The van der Waals surface area contributed by atoms with Gasteiger partial charge >= 0.3 is 0 Å². The molecule has 0 bridgehead atoms. The van der Waals surface area contributed by atoms with Gasteiger partial charge in [-0.2, -0.15) is 0 Å². The molecule has 64 valence electrons. The Morgan fingerprint density at radius 2 is 2.08 bits per heavy atom. The van der Waals surface area contributed by atoms with Crippen LogP contribution in [0.4, 0.5) is 5.82 Å². The van der Waals surface area contributed by atoms with Crippen molar-refractivity contribution in [3.8, 4) is 0 Å². The average molecular weight is 185 g/mol. The van der Waals surface area contributed by atoms with E-state index in [2.05, 4.69) is 19.4 Å². The molecule has 1 aromatic rings. The summed E-state index contributed by atoms with van der Waals surface area (Å²) in [6, 6.07) is 0. The molecule has 0 aliphatic carbocycles. The summed E-state index contributed by atoms with van der Waals surface area (Å²) in [6.45, 7) is 0. The van der Waals surface area contributed by atoms with Gasteiger partial charge < -0.3 is 4.72 Å². The van der Waals surface area contributed by atoms with Gasteiger partial charge in [0.15, 0.2) is 11.5 Å². The van der Waals surface area contributed by atoms with Crippen molar-refractivity contribution in [2.24, 2.45) is 5.14 Å². The SMILES string of the molecule is N[SH]1NC(=O)c2nccnc2N1. The monoisotopic (exact) mass is 185 g/mol. The summed E-state index contributed by atoms with van der Waals surface area (Å²) in [6.07, 6.45) is 2.97. The molecule has 0 fully saturated rings. The number of aromatic nitrogens is 2. The number of rotatable bonds is 0. The van der Waals surface area contributed by atoms with Crippen LogP contribution in [0.2, 0.25) is 0 Å². The fraction of sp³-hybridized carbons (Fsp3) is 0. The van der Waals surface area contributed by atoms with Gasteiger partial charge in [0.25, 0.3) is 5.91 Å². The molecule has 2 heterocycles. The summed E-state index contributed by atoms with van der Waals surface area (Å²) in [5.74, 6) is 0.181. The Kier molecular flexibility index (Phi) is 1.59. The number of fused-ring (bicyclic) bond motifs is 1. The van der Waals surface area contributed by atoms with Gasteiger partial charge in [-0.3, -0.25) is 14.7 Å². The van der Waals surface area contributed by atoms with E-state index >= 15 is 0 Å². The van der Waals surface area contributed by atoms with E-state index in [-0.39, 0.29) is 5.91 Å². The first-order valence-corrected chi connectivity index (χ1v) is 4.62. The third-order valence-electron chi connectivity index (χ3n) is 1.36. The smallest absolute Gasteiger partial charge is 0.284 e. The Bertz CT molecular complexity index is 329. The predicted octanol–water partition coefficient (Wildman–Crippen LogP) is -0.663. The van der Waals surface area contributed by atoms with Crippen LogP contribution >= 0.6 is 11.5 Å². The van der Waals surface area contributed by atoms with Crippen LogP contribution in [0.1, 0.15) is 10.5 Å². The topological polar surface area (TPSA) is 92.9 Å². The number of anilines is 1.